The second-order valence-corrected chi connectivity index (χ2v) is 11.8. The number of carbonyl (C=O) groups excluding carboxylic acids is 1. The van der Waals surface area contributed by atoms with Gasteiger partial charge in [-0.3, -0.25) is 9.59 Å². The summed E-state index contributed by atoms with van der Waals surface area (Å²) in [6, 6.07) is -0.0834. The lowest BCUT2D eigenvalue weighted by Crippen LogP contribution is -2.53. The number of amides is 1. The molecule has 0 aromatic rings. The molecule has 5 atom stereocenters. The maximum atomic E-state index is 14.0. The van der Waals surface area contributed by atoms with Crippen LogP contribution in [-0.4, -0.2) is 70.1 Å². The van der Waals surface area contributed by atoms with Crippen LogP contribution < -0.4 is 5.32 Å². The molecule has 0 aromatic carbocycles. The number of likely N-dealkylation sites (tertiary alicyclic amines) is 1. The molecule has 0 saturated carbocycles. The molecule has 3 rings (SSSR count). The SMILES string of the molecule is C.CC(C)[C@H](CN1CCC(C2=CCC(Cl)CC2)C(C)(C)C1)NC(=O)C1=CC(F)CC(C(=O)O)C1.O.O. The second kappa shape index (κ2) is 14.5. The largest absolute Gasteiger partial charge is 0.481 e. The average molecular weight is 535 g/mol. The molecule has 9 heteroatoms. The number of allylic oxidation sites excluding steroid dienone is 3. The molecular weight excluding hydrogens is 487 g/mol. The lowest BCUT2D eigenvalue weighted by Gasteiger charge is -2.47. The first-order chi connectivity index (χ1) is 15.5. The zero-order chi connectivity index (χ0) is 24.3. The lowest BCUT2D eigenvalue weighted by molar-refractivity contribution is -0.142. The van der Waals surface area contributed by atoms with E-state index in [9.17, 15) is 19.1 Å². The third kappa shape index (κ3) is 8.82. The average Bonchev–Trinajstić information content (AvgIpc) is 2.73. The molecule has 36 heavy (non-hydrogen) atoms. The molecule has 0 aromatic heterocycles. The van der Waals surface area contributed by atoms with Crippen molar-refractivity contribution in [1.82, 2.24) is 10.2 Å². The number of rotatable bonds is 7. The van der Waals surface area contributed by atoms with Gasteiger partial charge in [0, 0.05) is 30.1 Å². The molecule has 1 heterocycles. The highest BCUT2D eigenvalue weighted by atomic mass is 35.5. The van der Waals surface area contributed by atoms with E-state index in [-0.39, 0.29) is 65.5 Å². The van der Waals surface area contributed by atoms with Gasteiger partial charge >= 0.3 is 5.97 Å². The van der Waals surface area contributed by atoms with Crippen molar-refractivity contribution < 1.29 is 30.0 Å². The van der Waals surface area contributed by atoms with E-state index in [0.29, 0.717) is 5.92 Å². The summed E-state index contributed by atoms with van der Waals surface area (Å²) < 4.78 is 14.0. The van der Waals surface area contributed by atoms with Crippen LogP contribution >= 0.6 is 11.6 Å². The summed E-state index contributed by atoms with van der Waals surface area (Å²) in [6.45, 7) is 11.5. The molecule has 4 unspecified atom stereocenters. The first kappa shape index (κ1) is 34.5. The Balaban J connectivity index is 0.00000408. The van der Waals surface area contributed by atoms with E-state index in [4.69, 9.17) is 11.6 Å². The Morgan fingerprint density at radius 2 is 1.94 bits per heavy atom. The maximum absolute atomic E-state index is 14.0. The Kier molecular flexibility index (Phi) is 13.9. The summed E-state index contributed by atoms with van der Waals surface area (Å²) in [5.74, 6) is -1.45. The fourth-order valence-corrected chi connectivity index (χ4v) is 5.94. The van der Waals surface area contributed by atoms with Crippen LogP contribution in [0.5, 0.6) is 0 Å². The zero-order valence-electron chi connectivity index (χ0n) is 21.4. The van der Waals surface area contributed by atoms with E-state index in [1.807, 2.05) is 0 Å². The van der Waals surface area contributed by atoms with E-state index in [1.54, 1.807) is 5.57 Å². The van der Waals surface area contributed by atoms with Crippen molar-refractivity contribution in [1.29, 1.82) is 0 Å². The van der Waals surface area contributed by atoms with Crippen molar-refractivity contribution >= 4 is 23.5 Å². The number of nitrogens with zero attached hydrogens (tertiary/aromatic N) is 1. The van der Waals surface area contributed by atoms with Crippen LogP contribution in [0.1, 0.15) is 73.6 Å². The van der Waals surface area contributed by atoms with Gasteiger partial charge in [0.25, 0.3) is 0 Å². The molecule has 1 fully saturated rings. The first-order valence-electron chi connectivity index (χ1n) is 12.4. The van der Waals surface area contributed by atoms with Crippen molar-refractivity contribution in [2.45, 2.75) is 91.2 Å². The molecule has 0 bridgehead atoms. The molecule has 0 spiro atoms. The van der Waals surface area contributed by atoms with E-state index in [2.05, 4.69) is 44.0 Å². The number of nitrogens with one attached hydrogen (secondary N) is 1. The summed E-state index contributed by atoms with van der Waals surface area (Å²) in [5.41, 5.74) is 1.95. The van der Waals surface area contributed by atoms with E-state index < -0.39 is 18.1 Å². The van der Waals surface area contributed by atoms with Gasteiger partial charge in [0.1, 0.15) is 6.17 Å². The second-order valence-electron chi connectivity index (χ2n) is 11.2. The molecular formula is C27H48ClFN2O5. The Morgan fingerprint density at radius 3 is 2.47 bits per heavy atom. The minimum atomic E-state index is -1.39. The number of carbonyl (C=O) groups is 2. The quantitative estimate of drug-likeness (QED) is 0.378. The van der Waals surface area contributed by atoms with Gasteiger partial charge in [0.2, 0.25) is 5.91 Å². The molecule has 0 radical (unpaired) electrons. The number of carboxylic acids is 1. The molecule has 1 amide bonds. The van der Waals surface area contributed by atoms with Crippen molar-refractivity contribution in [2.75, 3.05) is 19.6 Å². The van der Waals surface area contributed by atoms with Crippen LogP contribution in [-0.2, 0) is 9.59 Å². The van der Waals surface area contributed by atoms with Crippen LogP contribution in [0.15, 0.2) is 23.3 Å². The Bertz CT molecular complexity index is 801. The molecule has 7 nitrogen and oxygen atoms in total. The van der Waals surface area contributed by atoms with Gasteiger partial charge in [-0.15, -0.1) is 11.6 Å². The summed E-state index contributed by atoms with van der Waals surface area (Å²) >= 11 is 6.29. The van der Waals surface area contributed by atoms with Crippen LogP contribution in [0.3, 0.4) is 0 Å². The Labute approximate surface area is 221 Å². The van der Waals surface area contributed by atoms with Gasteiger partial charge in [-0.05, 0) is 68.4 Å². The topological polar surface area (TPSA) is 133 Å². The smallest absolute Gasteiger partial charge is 0.306 e. The van der Waals surface area contributed by atoms with Crippen molar-refractivity contribution in [3.05, 3.63) is 23.3 Å². The summed E-state index contributed by atoms with van der Waals surface area (Å²) in [7, 11) is 0. The number of halogens is 2. The number of piperidine rings is 1. The highest BCUT2D eigenvalue weighted by Crippen LogP contribution is 2.43. The van der Waals surface area contributed by atoms with Crippen LogP contribution in [0.4, 0.5) is 4.39 Å². The number of hydrogen-bond donors (Lipinski definition) is 2. The molecule has 2 aliphatic carbocycles. The van der Waals surface area contributed by atoms with Gasteiger partial charge < -0.3 is 26.3 Å². The standard InChI is InChI=1S/C26H40ClFN2O3.CH4.2H2O/c1-16(2)23(29-24(31)18-11-19(25(32)33)13-21(28)12-18)14-30-10-9-22(26(3,4)15-30)17-5-7-20(27)8-6-17;;;/h5,12,16,19-23H,6-11,13-15H2,1-4H3,(H,29,31)(H,32,33);1H4;2*1H2/t19?,20?,21?,22?,23-;;;/m0.../s1. The van der Waals surface area contributed by atoms with E-state index >= 15 is 0 Å². The van der Waals surface area contributed by atoms with Crippen LogP contribution in [0.25, 0.3) is 0 Å². The minimum Gasteiger partial charge on any atom is -0.481 e. The van der Waals surface area contributed by atoms with Gasteiger partial charge in [0.15, 0.2) is 0 Å². The van der Waals surface area contributed by atoms with Crippen LogP contribution in [0.2, 0.25) is 0 Å². The molecule has 6 N–H and O–H groups in total. The molecule has 1 saturated heterocycles. The highest BCUT2D eigenvalue weighted by molar-refractivity contribution is 6.20. The lowest BCUT2D eigenvalue weighted by atomic mass is 9.68. The Morgan fingerprint density at radius 1 is 1.28 bits per heavy atom. The van der Waals surface area contributed by atoms with Gasteiger partial charge in [-0.25, -0.2) is 4.39 Å². The molecule has 1 aliphatic heterocycles. The fourth-order valence-electron chi connectivity index (χ4n) is 5.74. The fraction of sp³-hybridized carbons (Fsp3) is 0.778. The zero-order valence-corrected chi connectivity index (χ0v) is 22.2. The summed E-state index contributed by atoms with van der Waals surface area (Å²) in [5, 5.41) is 12.6. The van der Waals surface area contributed by atoms with E-state index in [1.165, 1.54) is 6.08 Å². The van der Waals surface area contributed by atoms with Crippen molar-refractivity contribution in [3.63, 3.8) is 0 Å². The van der Waals surface area contributed by atoms with Gasteiger partial charge in [0.05, 0.1) is 5.92 Å². The molecule has 210 valence electrons. The van der Waals surface area contributed by atoms with Crippen LogP contribution in [0, 0.1) is 23.2 Å². The monoisotopic (exact) mass is 534 g/mol. The maximum Gasteiger partial charge on any atom is 0.306 e. The minimum absolute atomic E-state index is 0. The third-order valence-corrected chi connectivity index (χ3v) is 8.11. The van der Waals surface area contributed by atoms with Gasteiger partial charge in [-0.2, -0.15) is 0 Å². The first-order valence-corrected chi connectivity index (χ1v) is 12.8. The number of aliphatic carboxylic acids is 1. The summed E-state index contributed by atoms with van der Waals surface area (Å²) in [4.78, 5) is 26.7. The predicted octanol–water partition coefficient (Wildman–Crippen LogP) is 3.94. The Hall–Kier alpha value is -1.48. The normalized spacial score (nSPS) is 28.9. The number of carboxylic acid groups (broad SMARTS) is 1. The van der Waals surface area contributed by atoms with Crippen molar-refractivity contribution in [2.24, 2.45) is 23.2 Å². The summed E-state index contributed by atoms with van der Waals surface area (Å²) in [6.07, 6.45) is 6.51. The third-order valence-electron chi connectivity index (χ3n) is 7.71. The molecule has 3 aliphatic rings. The number of hydrogen-bond acceptors (Lipinski definition) is 3. The number of alkyl halides is 2. The highest BCUT2D eigenvalue weighted by Gasteiger charge is 2.39. The van der Waals surface area contributed by atoms with Crippen molar-refractivity contribution in [3.8, 4) is 0 Å². The van der Waals surface area contributed by atoms with E-state index in [0.717, 1.165) is 45.3 Å². The predicted molar refractivity (Wildman–Crippen MR) is 144 cm³/mol. The van der Waals surface area contributed by atoms with Gasteiger partial charge in [-0.1, -0.05) is 46.8 Å².